The Balaban J connectivity index is 2.11. The van der Waals surface area contributed by atoms with Crippen LogP contribution in [0.1, 0.15) is 43.0 Å². The normalized spacial score (nSPS) is 15.7. The molecule has 0 spiro atoms. The van der Waals surface area contributed by atoms with Gasteiger partial charge in [0.05, 0.1) is 4.92 Å². The zero-order chi connectivity index (χ0) is 14.1. The molecule has 20 heavy (non-hydrogen) atoms. The Hall–Kier alpha value is -2.17. The van der Waals surface area contributed by atoms with Crippen molar-refractivity contribution in [1.82, 2.24) is 9.55 Å². The molecule has 5 heteroatoms. The lowest BCUT2D eigenvalue weighted by Gasteiger charge is -2.13. The number of hydrogen-bond acceptors (Lipinski definition) is 3. The third-order valence-corrected chi connectivity index (χ3v) is 3.98. The molecular weight excluding hydrogens is 254 g/mol. The van der Waals surface area contributed by atoms with E-state index in [0.717, 1.165) is 24.2 Å². The van der Waals surface area contributed by atoms with Gasteiger partial charge in [-0.05, 0) is 31.4 Å². The summed E-state index contributed by atoms with van der Waals surface area (Å²) in [6.45, 7) is 1.94. The molecule has 5 nitrogen and oxygen atoms in total. The molecule has 1 heterocycles. The highest BCUT2D eigenvalue weighted by Gasteiger charge is 2.24. The van der Waals surface area contributed by atoms with Crippen molar-refractivity contribution >= 4 is 5.69 Å². The van der Waals surface area contributed by atoms with Crippen LogP contribution in [0.2, 0.25) is 0 Å². The number of benzene rings is 1. The van der Waals surface area contributed by atoms with Crippen molar-refractivity contribution in [3.63, 3.8) is 0 Å². The van der Waals surface area contributed by atoms with Gasteiger partial charge in [0, 0.05) is 24.4 Å². The molecule has 1 aliphatic carbocycles. The molecule has 2 aromatic rings. The smallest absolute Gasteiger partial charge is 0.293 e. The number of nitro benzene ring substituents is 1. The molecule has 1 fully saturated rings. The number of aromatic nitrogens is 2. The standard InChI is InChI=1S/C15H17N3O2/c1-11-6-7-13(18(19)20)14(10-11)17-9-8-16-15(17)12-4-2-3-5-12/h6-10,12H,2-5H2,1H3. The van der Waals surface area contributed by atoms with Gasteiger partial charge in [-0.3, -0.25) is 14.7 Å². The average molecular weight is 271 g/mol. The first-order chi connectivity index (χ1) is 9.66. The van der Waals surface area contributed by atoms with Crippen LogP contribution in [0.4, 0.5) is 5.69 Å². The minimum Gasteiger partial charge on any atom is -0.297 e. The van der Waals surface area contributed by atoms with Gasteiger partial charge in [-0.15, -0.1) is 0 Å². The van der Waals surface area contributed by atoms with E-state index >= 15 is 0 Å². The molecule has 0 saturated heterocycles. The van der Waals surface area contributed by atoms with E-state index in [-0.39, 0.29) is 10.6 Å². The summed E-state index contributed by atoms with van der Waals surface area (Å²) in [5.74, 6) is 1.38. The highest BCUT2D eigenvalue weighted by Crippen LogP contribution is 2.35. The first-order valence-corrected chi connectivity index (χ1v) is 6.95. The number of aryl methyl sites for hydroxylation is 1. The second kappa shape index (κ2) is 5.07. The van der Waals surface area contributed by atoms with Crippen molar-refractivity contribution in [3.8, 4) is 5.69 Å². The molecule has 1 aromatic heterocycles. The second-order valence-electron chi connectivity index (χ2n) is 5.39. The molecule has 0 atom stereocenters. The summed E-state index contributed by atoms with van der Waals surface area (Å²) in [6, 6.07) is 5.20. The van der Waals surface area contributed by atoms with E-state index in [1.165, 1.54) is 12.8 Å². The molecule has 104 valence electrons. The predicted octanol–water partition coefficient (Wildman–Crippen LogP) is 3.75. The fourth-order valence-electron chi connectivity index (χ4n) is 2.99. The third-order valence-electron chi connectivity index (χ3n) is 3.98. The van der Waals surface area contributed by atoms with Crippen molar-refractivity contribution in [2.24, 2.45) is 0 Å². The van der Waals surface area contributed by atoms with Gasteiger partial charge in [0.15, 0.2) is 0 Å². The van der Waals surface area contributed by atoms with E-state index in [9.17, 15) is 10.1 Å². The average Bonchev–Trinajstić information content (AvgIpc) is 3.09. The summed E-state index contributed by atoms with van der Waals surface area (Å²) in [5, 5.41) is 11.2. The molecule has 1 saturated carbocycles. The number of nitrogens with zero attached hydrogens (tertiary/aromatic N) is 3. The SMILES string of the molecule is Cc1ccc([N+](=O)[O-])c(-n2ccnc2C2CCCC2)c1. The van der Waals surface area contributed by atoms with Gasteiger partial charge in [-0.25, -0.2) is 4.98 Å². The molecule has 0 N–H and O–H groups in total. The Bertz CT molecular complexity index is 642. The van der Waals surface area contributed by atoms with Crippen LogP contribution in [-0.2, 0) is 0 Å². The maximum atomic E-state index is 11.2. The van der Waals surface area contributed by atoms with E-state index in [1.54, 1.807) is 18.3 Å². The van der Waals surface area contributed by atoms with Crippen molar-refractivity contribution < 1.29 is 4.92 Å². The molecular formula is C15H17N3O2. The quantitative estimate of drug-likeness (QED) is 0.631. The van der Waals surface area contributed by atoms with Gasteiger partial charge in [-0.2, -0.15) is 0 Å². The molecule has 0 aliphatic heterocycles. The van der Waals surface area contributed by atoms with Gasteiger partial charge in [0.1, 0.15) is 11.5 Å². The van der Waals surface area contributed by atoms with Gasteiger partial charge in [0.25, 0.3) is 5.69 Å². The van der Waals surface area contributed by atoms with Crippen LogP contribution in [-0.4, -0.2) is 14.5 Å². The summed E-state index contributed by atoms with van der Waals surface area (Å²) in [7, 11) is 0. The second-order valence-corrected chi connectivity index (χ2v) is 5.39. The lowest BCUT2D eigenvalue weighted by Crippen LogP contribution is -2.07. The Morgan fingerprint density at radius 3 is 2.80 bits per heavy atom. The topological polar surface area (TPSA) is 61.0 Å². The molecule has 1 aromatic carbocycles. The van der Waals surface area contributed by atoms with Crippen LogP contribution >= 0.6 is 0 Å². The summed E-state index contributed by atoms with van der Waals surface area (Å²) < 4.78 is 1.89. The fraction of sp³-hybridized carbons (Fsp3) is 0.400. The Morgan fingerprint density at radius 1 is 1.35 bits per heavy atom. The Kier molecular flexibility index (Phi) is 3.26. The van der Waals surface area contributed by atoms with Gasteiger partial charge >= 0.3 is 0 Å². The van der Waals surface area contributed by atoms with Crippen molar-refractivity contribution in [2.75, 3.05) is 0 Å². The lowest BCUT2D eigenvalue weighted by molar-refractivity contribution is -0.384. The molecule has 0 bridgehead atoms. The highest BCUT2D eigenvalue weighted by atomic mass is 16.6. The van der Waals surface area contributed by atoms with E-state index in [0.29, 0.717) is 11.6 Å². The van der Waals surface area contributed by atoms with Gasteiger partial charge < -0.3 is 0 Å². The Labute approximate surface area is 117 Å². The van der Waals surface area contributed by atoms with Crippen molar-refractivity contribution in [1.29, 1.82) is 0 Å². The first-order valence-electron chi connectivity index (χ1n) is 6.95. The van der Waals surface area contributed by atoms with E-state index < -0.39 is 0 Å². The summed E-state index contributed by atoms with van der Waals surface area (Å²) in [4.78, 5) is 15.4. The van der Waals surface area contributed by atoms with Gasteiger partial charge in [0.2, 0.25) is 0 Å². The first kappa shape index (κ1) is 12.8. The molecule has 1 aliphatic rings. The molecule has 0 radical (unpaired) electrons. The summed E-state index contributed by atoms with van der Waals surface area (Å²) in [5.41, 5.74) is 1.76. The zero-order valence-electron chi connectivity index (χ0n) is 11.5. The minimum absolute atomic E-state index is 0.132. The lowest BCUT2D eigenvalue weighted by atomic mass is 10.1. The summed E-state index contributed by atoms with van der Waals surface area (Å²) >= 11 is 0. The van der Waals surface area contributed by atoms with Crippen LogP contribution in [0.3, 0.4) is 0 Å². The maximum Gasteiger partial charge on any atom is 0.293 e. The molecule has 3 rings (SSSR count). The van der Waals surface area contributed by atoms with Crippen molar-refractivity contribution in [2.45, 2.75) is 38.5 Å². The van der Waals surface area contributed by atoms with E-state index in [1.807, 2.05) is 23.8 Å². The summed E-state index contributed by atoms with van der Waals surface area (Å²) in [6.07, 6.45) is 8.24. The van der Waals surface area contributed by atoms with E-state index in [4.69, 9.17) is 0 Å². The predicted molar refractivity (Wildman–Crippen MR) is 76.2 cm³/mol. The fourth-order valence-corrected chi connectivity index (χ4v) is 2.99. The molecule has 0 unspecified atom stereocenters. The van der Waals surface area contributed by atoms with Crippen LogP contribution in [0.5, 0.6) is 0 Å². The van der Waals surface area contributed by atoms with Crippen LogP contribution in [0.15, 0.2) is 30.6 Å². The third kappa shape index (κ3) is 2.19. The Morgan fingerprint density at radius 2 is 2.10 bits per heavy atom. The number of imidazole rings is 1. The minimum atomic E-state index is -0.326. The largest absolute Gasteiger partial charge is 0.297 e. The highest BCUT2D eigenvalue weighted by molar-refractivity contribution is 5.54. The molecule has 0 amide bonds. The van der Waals surface area contributed by atoms with Crippen LogP contribution in [0.25, 0.3) is 5.69 Å². The number of hydrogen-bond donors (Lipinski definition) is 0. The van der Waals surface area contributed by atoms with Crippen molar-refractivity contribution in [3.05, 3.63) is 52.1 Å². The van der Waals surface area contributed by atoms with Crippen LogP contribution in [0, 0.1) is 17.0 Å². The van der Waals surface area contributed by atoms with Crippen LogP contribution < -0.4 is 0 Å². The number of nitro groups is 1. The maximum absolute atomic E-state index is 11.2. The van der Waals surface area contributed by atoms with Gasteiger partial charge in [-0.1, -0.05) is 18.9 Å². The number of rotatable bonds is 3. The van der Waals surface area contributed by atoms with E-state index in [2.05, 4.69) is 4.98 Å². The zero-order valence-corrected chi connectivity index (χ0v) is 11.5. The monoisotopic (exact) mass is 271 g/mol.